The van der Waals surface area contributed by atoms with Crippen molar-refractivity contribution in [3.8, 4) is 22.3 Å². The van der Waals surface area contributed by atoms with Gasteiger partial charge in [-0.25, -0.2) is 0 Å². The summed E-state index contributed by atoms with van der Waals surface area (Å²) in [6.45, 7) is 4.62. The fraction of sp³-hybridized carbons (Fsp3) is 0.0690. The van der Waals surface area contributed by atoms with E-state index in [2.05, 4.69) is 224 Å². The zero-order chi connectivity index (χ0) is 40.9. The van der Waals surface area contributed by atoms with Gasteiger partial charge in [-0.2, -0.15) is 0 Å². The van der Waals surface area contributed by atoms with Gasteiger partial charge in [-0.05, 0) is 97.4 Å². The molecule has 0 N–H and O–H groups in total. The Labute approximate surface area is 361 Å². The highest BCUT2D eigenvalue weighted by molar-refractivity contribution is 6.94. The summed E-state index contributed by atoms with van der Waals surface area (Å²) in [6.07, 6.45) is 0. The molecule has 0 atom stereocenters. The quantitative estimate of drug-likeness (QED) is 0.166. The van der Waals surface area contributed by atoms with E-state index >= 15 is 0 Å². The van der Waals surface area contributed by atoms with Crippen molar-refractivity contribution in [2.75, 3.05) is 9.71 Å². The van der Waals surface area contributed by atoms with Crippen LogP contribution in [-0.2, 0) is 10.8 Å². The smallest absolute Gasteiger partial charge is 0.333 e. The molecule has 0 amide bonds. The number of hydrogen-bond donors (Lipinski definition) is 0. The molecule has 0 spiro atoms. The van der Waals surface area contributed by atoms with Crippen molar-refractivity contribution in [1.82, 2.24) is 0 Å². The third kappa shape index (κ3) is 4.08. The third-order valence-corrected chi connectivity index (χ3v) is 14.7. The van der Waals surface area contributed by atoms with Crippen LogP contribution in [0.25, 0.3) is 44.2 Å². The van der Waals surface area contributed by atoms with Gasteiger partial charge in [0.2, 0.25) is 0 Å². The highest BCUT2D eigenvalue weighted by Crippen LogP contribution is 2.62. The summed E-state index contributed by atoms with van der Waals surface area (Å²) in [7, 11) is 0. The van der Waals surface area contributed by atoms with Gasteiger partial charge in [0.05, 0.1) is 22.2 Å². The number of nitrogens with zero attached hydrogens (tertiary/aromatic N) is 2. The number of furan rings is 1. The Hall–Kier alpha value is -7.56. The van der Waals surface area contributed by atoms with Crippen molar-refractivity contribution in [2.24, 2.45) is 0 Å². The number of hydrogen-bond acceptors (Lipinski definition) is 3. The molecule has 0 saturated heterocycles. The van der Waals surface area contributed by atoms with Gasteiger partial charge in [-0.1, -0.05) is 178 Å². The lowest BCUT2D eigenvalue weighted by molar-refractivity contribution is 0.660. The van der Waals surface area contributed by atoms with Crippen LogP contribution < -0.4 is 20.6 Å². The molecule has 0 radical (unpaired) electrons. The Balaban J connectivity index is 1.21. The number of fused-ring (bicyclic) bond motifs is 14. The van der Waals surface area contributed by atoms with Crippen molar-refractivity contribution in [1.29, 1.82) is 0 Å². The Bertz CT molecular complexity index is 3480. The third-order valence-electron chi connectivity index (χ3n) is 14.7. The molecule has 3 aliphatic heterocycles. The Morgan fingerprint density at radius 3 is 1.89 bits per heavy atom. The van der Waals surface area contributed by atoms with Gasteiger partial charge in [0, 0.05) is 33.4 Å². The summed E-state index contributed by atoms with van der Waals surface area (Å²) in [6, 6.07) is 74.6. The summed E-state index contributed by atoms with van der Waals surface area (Å²) >= 11 is 0. The molecule has 0 saturated carbocycles. The normalized spacial score (nSPS) is 15.4. The molecule has 10 aromatic rings. The molecule has 14 rings (SSSR count). The first-order valence-corrected chi connectivity index (χ1v) is 21.8. The first-order chi connectivity index (χ1) is 30.6. The first-order valence-electron chi connectivity index (χ1n) is 21.8. The molecule has 290 valence electrons. The molecule has 3 nitrogen and oxygen atoms in total. The summed E-state index contributed by atoms with van der Waals surface area (Å²) in [5.41, 5.74) is 22.5. The fourth-order valence-electron chi connectivity index (χ4n) is 12.3. The predicted octanol–water partition coefficient (Wildman–Crippen LogP) is 13.3. The lowest BCUT2D eigenvalue weighted by atomic mass is 9.42. The maximum atomic E-state index is 7.03. The van der Waals surface area contributed by atoms with Crippen molar-refractivity contribution < 1.29 is 4.42 Å². The number of para-hydroxylation sites is 4. The van der Waals surface area contributed by atoms with Crippen molar-refractivity contribution in [3.05, 3.63) is 234 Å². The number of benzene rings is 9. The molecule has 4 aliphatic rings. The summed E-state index contributed by atoms with van der Waals surface area (Å²) in [5.74, 6) is 0. The molecule has 1 aliphatic carbocycles. The number of anilines is 5. The maximum absolute atomic E-state index is 7.03. The van der Waals surface area contributed by atoms with Crippen LogP contribution in [0.5, 0.6) is 0 Å². The molecule has 9 aromatic carbocycles. The molecular weight excluding hydrogens is 751 g/mol. The van der Waals surface area contributed by atoms with E-state index in [9.17, 15) is 0 Å². The topological polar surface area (TPSA) is 19.6 Å². The minimum atomic E-state index is -0.603. The van der Waals surface area contributed by atoms with Crippen LogP contribution in [-0.4, -0.2) is 6.85 Å². The van der Waals surface area contributed by atoms with E-state index in [-0.39, 0.29) is 12.3 Å². The summed E-state index contributed by atoms with van der Waals surface area (Å²) in [4.78, 5) is 5.29. The standard InChI is InChI=1S/C58H39BN2O/c1-57(2)42-27-14-12-25-39(42)51-44(57)33-34-48-52(51)41-35-50-53(40-26-13-17-32-49(40)62-50)56-54(41)59(61(48)38-23-10-5-11-24-38)46-30-18-29-45-55(46)60(56)47-31-16-15-28-43(47)58(45,36-19-6-3-7-20-36)37-21-8-4-9-22-37/h3-35H,1-2H3. The summed E-state index contributed by atoms with van der Waals surface area (Å²) in [5, 5.41) is 2.28. The maximum Gasteiger partial charge on any atom is 0.333 e. The Morgan fingerprint density at radius 1 is 0.468 bits per heavy atom. The Kier molecular flexibility index (Phi) is 6.65. The first kappa shape index (κ1) is 34.2. The fourth-order valence-corrected chi connectivity index (χ4v) is 12.3. The minimum absolute atomic E-state index is 0.156. The highest BCUT2D eigenvalue weighted by atomic mass is 16.3. The average molecular weight is 791 g/mol. The van der Waals surface area contributed by atoms with E-state index in [0.717, 1.165) is 27.6 Å². The van der Waals surface area contributed by atoms with Gasteiger partial charge in [-0.3, -0.25) is 0 Å². The molecule has 1 aromatic heterocycles. The van der Waals surface area contributed by atoms with Gasteiger partial charge >= 0.3 is 6.85 Å². The van der Waals surface area contributed by atoms with Gasteiger partial charge < -0.3 is 14.1 Å². The van der Waals surface area contributed by atoms with E-state index in [1.165, 1.54) is 89.3 Å². The lowest BCUT2D eigenvalue weighted by Gasteiger charge is -2.52. The average Bonchev–Trinajstić information content (AvgIpc) is 3.82. The van der Waals surface area contributed by atoms with E-state index < -0.39 is 5.41 Å². The second-order valence-corrected chi connectivity index (χ2v) is 17.9. The minimum Gasteiger partial charge on any atom is -0.456 e. The van der Waals surface area contributed by atoms with E-state index in [1.807, 2.05) is 0 Å². The van der Waals surface area contributed by atoms with E-state index in [0.29, 0.717) is 0 Å². The van der Waals surface area contributed by atoms with Gasteiger partial charge in [0.15, 0.2) is 0 Å². The van der Waals surface area contributed by atoms with Gasteiger partial charge in [0.1, 0.15) is 11.2 Å². The van der Waals surface area contributed by atoms with E-state index in [1.54, 1.807) is 0 Å². The van der Waals surface area contributed by atoms with Crippen molar-refractivity contribution in [2.45, 2.75) is 24.7 Å². The largest absolute Gasteiger partial charge is 0.456 e. The lowest BCUT2D eigenvalue weighted by Crippen LogP contribution is -2.62. The van der Waals surface area contributed by atoms with Gasteiger partial charge in [0.25, 0.3) is 0 Å². The monoisotopic (exact) mass is 790 g/mol. The van der Waals surface area contributed by atoms with Crippen LogP contribution in [0.1, 0.15) is 47.2 Å². The SMILES string of the molecule is CC1(C)c2ccccc2-c2c1ccc1c2-c2cc3oc4ccccc4c3c3c2B(c2cccc4c2N3c2ccccc2C4(c2ccccc2)c2ccccc2)N1c1ccccc1. The van der Waals surface area contributed by atoms with Crippen LogP contribution in [0.15, 0.2) is 205 Å². The summed E-state index contributed by atoms with van der Waals surface area (Å²) < 4.78 is 7.03. The van der Waals surface area contributed by atoms with Crippen LogP contribution in [0, 0.1) is 0 Å². The molecule has 4 heteroatoms. The van der Waals surface area contributed by atoms with Gasteiger partial charge in [-0.15, -0.1) is 0 Å². The van der Waals surface area contributed by atoms with Crippen molar-refractivity contribution in [3.63, 3.8) is 0 Å². The zero-order valence-electron chi connectivity index (χ0n) is 34.4. The second kappa shape index (κ2) is 12.1. The Morgan fingerprint density at radius 2 is 1.11 bits per heavy atom. The number of rotatable bonds is 3. The van der Waals surface area contributed by atoms with Crippen LogP contribution in [0.2, 0.25) is 0 Å². The van der Waals surface area contributed by atoms with E-state index in [4.69, 9.17) is 4.42 Å². The highest BCUT2D eigenvalue weighted by Gasteiger charge is 2.54. The molecule has 0 bridgehead atoms. The zero-order valence-corrected chi connectivity index (χ0v) is 34.4. The molecule has 62 heavy (non-hydrogen) atoms. The second-order valence-electron chi connectivity index (χ2n) is 17.9. The molecule has 0 fully saturated rings. The molecular formula is C58H39BN2O. The predicted molar refractivity (Wildman–Crippen MR) is 257 cm³/mol. The molecule has 0 unspecified atom stereocenters. The molecule has 4 heterocycles. The van der Waals surface area contributed by atoms with Crippen LogP contribution in [0.4, 0.5) is 28.4 Å². The van der Waals surface area contributed by atoms with Crippen molar-refractivity contribution >= 4 is 68.1 Å². The van der Waals surface area contributed by atoms with Crippen LogP contribution >= 0.6 is 0 Å². The van der Waals surface area contributed by atoms with Crippen LogP contribution in [0.3, 0.4) is 0 Å².